The normalized spacial score (nSPS) is 10.2. The number of rotatable bonds is 4. The Morgan fingerprint density at radius 2 is 2.21 bits per heavy atom. The fourth-order valence-corrected chi connectivity index (χ4v) is 1.93. The summed E-state index contributed by atoms with van der Waals surface area (Å²) in [5.74, 6) is 0. The second-order valence-corrected chi connectivity index (χ2v) is 4.09. The van der Waals surface area contributed by atoms with Crippen molar-refractivity contribution in [2.75, 3.05) is 37.8 Å². The van der Waals surface area contributed by atoms with E-state index in [2.05, 4.69) is 33.2 Å². The Kier molecular flexibility index (Phi) is 4.22. The fourth-order valence-electron chi connectivity index (χ4n) is 1.23. The molecule has 0 aliphatic rings. The average Bonchev–Trinajstić information content (AvgIpc) is 2.14. The van der Waals surface area contributed by atoms with Gasteiger partial charge in [-0.25, -0.2) is 0 Å². The molecule has 0 unspecified atom stereocenters. The molecule has 0 radical (unpaired) electrons. The van der Waals surface area contributed by atoms with Crippen LogP contribution in [0.1, 0.15) is 0 Å². The molecule has 0 bridgehead atoms. The van der Waals surface area contributed by atoms with Crippen molar-refractivity contribution >= 4 is 27.3 Å². The van der Waals surface area contributed by atoms with Gasteiger partial charge in [0.2, 0.25) is 0 Å². The molecule has 0 spiro atoms. The summed E-state index contributed by atoms with van der Waals surface area (Å²) in [4.78, 5) is 2.18. The van der Waals surface area contributed by atoms with Gasteiger partial charge in [0.25, 0.3) is 0 Å². The molecule has 0 aliphatic heterocycles. The average molecular weight is 258 g/mol. The molecule has 0 saturated heterocycles. The van der Waals surface area contributed by atoms with E-state index in [0.29, 0.717) is 0 Å². The van der Waals surface area contributed by atoms with Crippen molar-refractivity contribution in [2.24, 2.45) is 0 Å². The van der Waals surface area contributed by atoms with Gasteiger partial charge in [0.05, 0.1) is 5.69 Å². The van der Waals surface area contributed by atoms with Crippen molar-refractivity contribution in [3.63, 3.8) is 0 Å². The zero-order valence-corrected chi connectivity index (χ0v) is 10.1. The van der Waals surface area contributed by atoms with Crippen LogP contribution in [0, 0.1) is 0 Å². The van der Waals surface area contributed by atoms with E-state index in [1.54, 1.807) is 0 Å². The van der Waals surface area contributed by atoms with Crippen LogP contribution >= 0.6 is 15.9 Å². The highest BCUT2D eigenvalue weighted by molar-refractivity contribution is 9.10. The molecule has 1 aromatic carbocycles. The third-order valence-electron chi connectivity index (χ3n) is 2.08. The number of likely N-dealkylation sites (N-methyl/N-ethyl adjacent to an activating group) is 2. The van der Waals surface area contributed by atoms with Gasteiger partial charge in [0.1, 0.15) is 0 Å². The highest BCUT2D eigenvalue weighted by Crippen LogP contribution is 2.27. The summed E-state index contributed by atoms with van der Waals surface area (Å²) in [5, 5.41) is 3.12. The van der Waals surface area contributed by atoms with Crippen molar-refractivity contribution in [2.45, 2.75) is 0 Å². The first kappa shape index (κ1) is 11.3. The van der Waals surface area contributed by atoms with E-state index < -0.39 is 0 Å². The Bertz CT molecular complexity index is 301. The third-order valence-corrected chi connectivity index (χ3v) is 2.72. The monoisotopic (exact) mass is 257 g/mol. The predicted molar refractivity (Wildman–Crippen MR) is 65.8 cm³/mol. The molecule has 3 nitrogen and oxygen atoms in total. The van der Waals surface area contributed by atoms with Gasteiger partial charge in [-0.3, -0.25) is 0 Å². The molecular formula is C10H16BrN3. The van der Waals surface area contributed by atoms with E-state index in [0.717, 1.165) is 28.9 Å². The SMILES string of the molecule is CNCCN(C)c1ccc(N)cc1Br. The standard InChI is InChI=1S/C10H16BrN3/c1-13-5-6-14(2)10-4-3-8(12)7-9(10)11/h3-4,7,13H,5-6,12H2,1-2H3. The topological polar surface area (TPSA) is 41.3 Å². The van der Waals surface area contributed by atoms with Crippen LogP contribution in [0.15, 0.2) is 22.7 Å². The lowest BCUT2D eigenvalue weighted by Gasteiger charge is -2.20. The van der Waals surface area contributed by atoms with Crippen LogP contribution in [0.3, 0.4) is 0 Å². The summed E-state index contributed by atoms with van der Waals surface area (Å²) >= 11 is 3.50. The Labute approximate surface area is 93.4 Å². The van der Waals surface area contributed by atoms with E-state index in [-0.39, 0.29) is 0 Å². The van der Waals surface area contributed by atoms with E-state index in [9.17, 15) is 0 Å². The first-order chi connectivity index (χ1) is 6.65. The summed E-state index contributed by atoms with van der Waals surface area (Å²) in [6.45, 7) is 1.94. The molecule has 0 aromatic heterocycles. The molecule has 0 atom stereocenters. The van der Waals surface area contributed by atoms with Gasteiger partial charge in [0, 0.05) is 30.3 Å². The number of nitrogens with zero attached hydrogens (tertiary/aromatic N) is 1. The Balaban J connectivity index is 2.74. The summed E-state index contributed by atoms with van der Waals surface area (Å²) in [7, 11) is 4.01. The Hall–Kier alpha value is -0.740. The molecule has 14 heavy (non-hydrogen) atoms. The zero-order valence-electron chi connectivity index (χ0n) is 8.55. The number of anilines is 2. The smallest absolute Gasteiger partial charge is 0.0510 e. The van der Waals surface area contributed by atoms with Crippen LogP contribution in [0.5, 0.6) is 0 Å². The van der Waals surface area contributed by atoms with E-state index in [4.69, 9.17) is 5.73 Å². The number of benzene rings is 1. The highest BCUT2D eigenvalue weighted by Gasteiger charge is 2.04. The number of hydrogen-bond acceptors (Lipinski definition) is 3. The number of nitrogens with two attached hydrogens (primary N) is 1. The quantitative estimate of drug-likeness (QED) is 0.807. The van der Waals surface area contributed by atoms with E-state index in [1.165, 1.54) is 0 Å². The van der Waals surface area contributed by atoms with E-state index in [1.807, 2.05) is 25.2 Å². The molecule has 1 rings (SSSR count). The molecule has 0 amide bonds. The van der Waals surface area contributed by atoms with Crippen molar-refractivity contribution in [1.82, 2.24) is 5.32 Å². The van der Waals surface area contributed by atoms with Crippen molar-refractivity contribution < 1.29 is 0 Å². The summed E-state index contributed by atoms with van der Waals surface area (Å²) in [6.07, 6.45) is 0. The molecule has 78 valence electrons. The molecule has 0 saturated carbocycles. The number of nitrogens with one attached hydrogen (secondary N) is 1. The second kappa shape index (κ2) is 5.22. The molecule has 3 N–H and O–H groups in total. The fraction of sp³-hybridized carbons (Fsp3) is 0.400. The first-order valence-electron chi connectivity index (χ1n) is 4.56. The highest BCUT2D eigenvalue weighted by atomic mass is 79.9. The molecular weight excluding hydrogens is 242 g/mol. The summed E-state index contributed by atoms with van der Waals surface area (Å²) in [6, 6.07) is 5.86. The van der Waals surface area contributed by atoms with Crippen LogP contribution < -0.4 is 16.0 Å². The summed E-state index contributed by atoms with van der Waals surface area (Å²) < 4.78 is 1.04. The van der Waals surface area contributed by atoms with Crippen LogP contribution in [0.4, 0.5) is 11.4 Å². The minimum atomic E-state index is 0.780. The third kappa shape index (κ3) is 2.89. The van der Waals surface area contributed by atoms with Gasteiger partial charge in [-0.1, -0.05) is 0 Å². The Morgan fingerprint density at radius 3 is 2.79 bits per heavy atom. The van der Waals surface area contributed by atoms with Gasteiger partial charge in [-0.2, -0.15) is 0 Å². The largest absolute Gasteiger partial charge is 0.399 e. The lowest BCUT2D eigenvalue weighted by atomic mass is 10.2. The second-order valence-electron chi connectivity index (χ2n) is 3.24. The lowest BCUT2D eigenvalue weighted by Crippen LogP contribution is -2.27. The van der Waals surface area contributed by atoms with Crippen LogP contribution in [-0.2, 0) is 0 Å². The van der Waals surface area contributed by atoms with Crippen LogP contribution in [0.2, 0.25) is 0 Å². The predicted octanol–water partition coefficient (Wildman–Crippen LogP) is 1.69. The first-order valence-corrected chi connectivity index (χ1v) is 5.35. The molecule has 0 fully saturated rings. The molecule has 0 aliphatic carbocycles. The van der Waals surface area contributed by atoms with Gasteiger partial charge in [0.15, 0.2) is 0 Å². The maximum absolute atomic E-state index is 5.67. The Morgan fingerprint density at radius 1 is 1.50 bits per heavy atom. The van der Waals surface area contributed by atoms with Gasteiger partial charge >= 0.3 is 0 Å². The van der Waals surface area contributed by atoms with Gasteiger partial charge in [-0.15, -0.1) is 0 Å². The molecule has 1 aromatic rings. The van der Waals surface area contributed by atoms with E-state index >= 15 is 0 Å². The van der Waals surface area contributed by atoms with Crippen molar-refractivity contribution in [1.29, 1.82) is 0 Å². The summed E-state index contributed by atoms with van der Waals surface area (Å²) in [5.41, 5.74) is 7.61. The lowest BCUT2D eigenvalue weighted by molar-refractivity contribution is 0.767. The van der Waals surface area contributed by atoms with Gasteiger partial charge in [-0.05, 0) is 41.2 Å². The minimum absolute atomic E-state index is 0.780. The minimum Gasteiger partial charge on any atom is -0.399 e. The zero-order chi connectivity index (χ0) is 10.6. The number of hydrogen-bond donors (Lipinski definition) is 2. The number of nitrogen functional groups attached to an aromatic ring is 1. The number of halogens is 1. The van der Waals surface area contributed by atoms with Crippen LogP contribution in [-0.4, -0.2) is 27.2 Å². The maximum atomic E-state index is 5.67. The maximum Gasteiger partial charge on any atom is 0.0510 e. The molecule has 0 heterocycles. The van der Waals surface area contributed by atoms with Crippen molar-refractivity contribution in [3.8, 4) is 0 Å². The van der Waals surface area contributed by atoms with Gasteiger partial charge < -0.3 is 16.0 Å². The molecule has 4 heteroatoms. The van der Waals surface area contributed by atoms with Crippen LogP contribution in [0.25, 0.3) is 0 Å². The van der Waals surface area contributed by atoms with Crippen molar-refractivity contribution in [3.05, 3.63) is 22.7 Å².